The van der Waals surface area contributed by atoms with Gasteiger partial charge in [0.1, 0.15) is 0 Å². The van der Waals surface area contributed by atoms with Crippen molar-refractivity contribution in [3.63, 3.8) is 0 Å². The largest absolute Gasteiger partial charge is 0.331 e. The fourth-order valence-corrected chi connectivity index (χ4v) is 3.29. The number of amides is 1. The van der Waals surface area contributed by atoms with Crippen LogP contribution in [0.25, 0.3) is 0 Å². The molecule has 0 radical (unpaired) electrons. The Morgan fingerprint density at radius 1 is 1.33 bits per heavy atom. The summed E-state index contributed by atoms with van der Waals surface area (Å²) in [6, 6.07) is 7.84. The summed E-state index contributed by atoms with van der Waals surface area (Å²) in [5, 5.41) is 10.2. The summed E-state index contributed by atoms with van der Waals surface area (Å²) < 4.78 is 1.70. The van der Waals surface area contributed by atoms with Gasteiger partial charge in [-0.25, -0.2) is 4.68 Å². The standard InChI is InChI=1S/C17H19N5OS/c1-3-22(13(2)14-6-8-18-9-7-14)17(23)16-12-21(20-19-16)11-15-5-4-10-24-15/h4-10,12-13H,3,11H2,1-2H3/t13-/m1/s1. The molecule has 0 N–H and O–H groups in total. The predicted octanol–water partition coefficient (Wildman–Crippen LogP) is 3.01. The van der Waals surface area contributed by atoms with Gasteiger partial charge in [-0.2, -0.15) is 0 Å². The molecular formula is C17H19N5OS. The molecule has 3 rings (SSSR count). The third kappa shape index (κ3) is 3.51. The predicted molar refractivity (Wildman–Crippen MR) is 92.8 cm³/mol. The quantitative estimate of drug-likeness (QED) is 0.691. The fourth-order valence-electron chi connectivity index (χ4n) is 2.60. The molecule has 24 heavy (non-hydrogen) atoms. The number of aromatic nitrogens is 4. The molecule has 0 unspecified atom stereocenters. The topological polar surface area (TPSA) is 63.9 Å². The van der Waals surface area contributed by atoms with Crippen molar-refractivity contribution in [2.45, 2.75) is 26.4 Å². The van der Waals surface area contributed by atoms with Crippen molar-refractivity contribution in [1.29, 1.82) is 0 Å². The molecule has 0 spiro atoms. The maximum Gasteiger partial charge on any atom is 0.276 e. The Morgan fingerprint density at radius 3 is 2.79 bits per heavy atom. The van der Waals surface area contributed by atoms with Crippen LogP contribution < -0.4 is 0 Å². The average molecular weight is 341 g/mol. The summed E-state index contributed by atoms with van der Waals surface area (Å²) in [6.45, 7) is 5.20. The Labute approximate surface area is 144 Å². The Morgan fingerprint density at radius 2 is 2.12 bits per heavy atom. The van der Waals surface area contributed by atoms with Crippen molar-refractivity contribution in [2.75, 3.05) is 6.54 Å². The summed E-state index contributed by atoms with van der Waals surface area (Å²) >= 11 is 1.66. The van der Waals surface area contributed by atoms with Crippen LogP contribution in [0.5, 0.6) is 0 Å². The zero-order valence-electron chi connectivity index (χ0n) is 13.7. The van der Waals surface area contributed by atoms with Crippen molar-refractivity contribution >= 4 is 17.2 Å². The first kappa shape index (κ1) is 16.3. The summed E-state index contributed by atoms with van der Waals surface area (Å²) in [5.41, 5.74) is 1.42. The molecule has 1 atom stereocenters. The van der Waals surface area contributed by atoms with Crippen LogP contribution in [0, 0.1) is 0 Å². The van der Waals surface area contributed by atoms with Gasteiger partial charge in [0.05, 0.1) is 18.8 Å². The monoisotopic (exact) mass is 341 g/mol. The molecular weight excluding hydrogens is 322 g/mol. The Hall–Kier alpha value is -2.54. The zero-order chi connectivity index (χ0) is 16.9. The lowest BCUT2D eigenvalue weighted by Crippen LogP contribution is -2.33. The lowest BCUT2D eigenvalue weighted by molar-refractivity contribution is 0.0696. The third-order valence-corrected chi connectivity index (χ3v) is 4.77. The van der Waals surface area contributed by atoms with E-state index in [9.17, 15) is 4.79 Å². The molecule has 1 amide bonds. The van der Waals surface area contributed by atoms with Gasteiger partial charge in [-0.1, -0.05) is 11.3 Å². The molecule has 0 saturated heterocycles. The summed E-state index contributed by atoms with van der Waals surface area (Å²) in [4.78, 5) is 19.8. The van der Waals surface area contributed by atoms with Crippen molar-refractivity contribution in [1.82, 2.24) is 24.9 Å². The Kier molecular flexibility index (Phi) is 5.00. The van der Waals surface area contributed by atoms with Crippen LogP contribution in [0.15, 0.2) is 48.2 Å². The van der Waals surface area contributed by atoms with Crippen LogP contribution >= 0.6 is 11.3 Å². The second kappa shape index (κ2) is 7.35. The minimum atomic E-state index is -0.112. The van der Waals surface area contributed by atoms with Gasteiger partial charge in [0, 0.05) is 23.8 Å². The maximum absolute atomic E-state index is 12.8. The van der Waals surface area contributed by atoms with Crippen molar-refractivity contribution in [2.24, 2.45) is 0 Å². The molecule has 0 saturated carbocycles. The fraction of sp³-hybridized carbons (Fsp3) is 0.294. The molecule has 0 aliphatic heterocycles. The first-order valence-corrected chi connectivity index (χ1v) is 8.70. The highest BCUT2D eigenvalue weighted by atomic mass is 32.1. The van der Waals surface area contributed by atoms with Crippen LogP contribution in [0.4, 0.5) is 0 Å². The Balaban J connectivity index is 1.75. The highest BCUT2D eigenvalue weighted by Crippen LogP contribution is 2.21. The number of hydrogen-bond donors (Lipinski definition) is 0. The van der Waals surface area contributed by atoms with E-state index in [0.29, 0.717) is 18.8 Å². The lowest BCUT2D eigenvalue weighted by atomic mass is 10.1. The molecule has 6 nitrogen and oxygen atoms in total. The SMILES string of the molecule is CCN(C(=O)c1cn(Cc2cccs2)nn1)[C@H](C)c1ccncc1. The van der Waals surface area contributed by atoms with E-state index in [0.717, 1.165) is 5.56 Å². The van der Waals surface area contributed by atoms with Gasteiger partial charge in [-0.15, -0.1) is 16.4 Å². The average Bonchev–Trinajstić information content (AvgIpc) is 3.28. The number of pyridine rings is 1. The number of thiophene rings is 1. The molecule has 0 aliphatic rings. The van der Waals surface area contributed by atoms with Gasteiger partial charge in [0.2, 0.25) is 0 Å². The molecule has 3 aromatic heterocycles. The molecule has 3 aromatic rings. The number of carbonyl (C=O) groups is 1. The summed E-state index contributed by atoms with van der Waals surface area (Å²) in [5.74, 6) is -0.112. The van der Waals surface area contributed by atoms with E-state index in [-0.39, 0.29) is 11.9 Å². The van der Waals surface area contributed by atoms with Gasteiger partial charge < -0.3 is 4.90 Å². The van der Waals surface area contributed by atoms with Crippen molar-refractivity contribution < 1.29 is 4.79 Å². The smallest absolute Gasteiger partial charge is 0.276 e. The molecule has 124 valence electrons. The summed E-state index contributed by atoms with van der Waals surface area (Å²) in [7, 11) is 0. The van der Waals surface area contributed by atoms with Gasteiger partial charge in [0.15, 0.2) is 5.69 Å². The molecule has 0 fully saturated rings. The van der Waals surface area contributed by atoms with Gasteiger partial charge >= 0.3 is 0 Å². The zero-order valence-corrected chi connectivity index (χ0v) is 14.5. The Bertz CT molecular complexity index is 784. The number of hydrogen-bond acceptors (Lipinski definition) is 5. The van der Waals surface area contributed by atoms with E-state index in [4.69, 9.17) is 0 Å². The molecule has 0 aromatic carbocycles. The third-order valence-electron chi connectivity index (χ3n) is 3.91. The van der Waals surface area contributed by atoms with Gasteiger partial charge in [-0.05, 0) is 43.0 Å². The van der Waals surface area contributed by atoms with E-state index < -0.39 is 0 Å². The first-order valence-electron chi connectivity index (χ1n) is 7.82. The molecule has 0 bridgehead atoms. The van der Waals surface area contributed by atoms with E-state index in [1.54, 1.807) is 39.5 Å². The van der Waals surface area contributed by atoms with Crippen LogP contribution in [0.1, 0.15) is 40.8 Å². The van der Waals surface area contributed by atoms with E-state index in [1.807, 2.05) is 43.5 Å². The van der Waals surface area contributed by atoms with Gasteiger partial charge in [-0.3, -0.25) is 9.78 Å². The van der Waals surface area contributed by atoms with E-state index in [1.165, 1.54) is 4.88 Å². The van der Waals surface area contributed by atoms with Crippen molar-refractivity contribution in [3.8, 4) is 0 Å². The first-order chi connectivity index (χ1) is 11.7. The normalized spacial score (nSPS) is 12.1. The minimum Gasteiger partial charge on any atom is -0.331 e. The highest BCUT2D eigenvalue weighted by molar-refractivity contribution is 7.09. The molecule has 7 heteroatoms. The van der Waals surface area contributed by atoms with Gasteiger partial charge in [0.25, 0.3) is 5.91 Å². The van der Waals surface area contributed by atoms with E-state index >= 15 is 0 Å². The van der Waals surface area contributed by atoms with Crippen molar-refractivity contribution in [3.05, 3.63) is 64.4 Å². The van der Waals surface area contributed by atoms with Crippen LogP contribution in [-0.2, 0) is 6.54 Å². The number of rotatable bonds is 6. The second-order valence-electron chi connectivity index (χ2n) is 5.43. The lowest BCUT2D eigenvalue weighted by Gasteiger charge is -2.27. The van der Waals surface area contributed by atoms with Crippen LogP contribution in [0.3, 0.4) is 0 Å². The maximum atomic E-state index is 12.8. The molecule has 3 heterocycles. The van der Waals surface area contributed by atoms with E-state index in [2.05, 4.69) is 15.3 Å². The number of carbonyl (C=O) groups excluding carboxylic acids is 1. The molecule has 0 aliphatic carbocycles. The highest BCUT2D eigenvalue weighted by Gasteiger charge is 2.23. The number of nitrogens with zero attached hydrogens (tertiary/aromatic N) is 5. The van der Waals surface area contributed by atoms with Crippen LogP contribution in [0.2, 0.25) is 0 Å². The second-order valence-corrected chi connectivity index (χ2v) is 6.46. The van der Waals surface area contributed by atoms with Crippen LogP contribution in [-0.4, -0.2) is 37.3 Å². The summed E-state index contributed by atoms with van der Waals surface area (Å²) in [6.07, 6.45) is 5.19. The minimum absolute atomic E-state index is 0.0482.